The van der Waals surface area contributed by atoms with Gasteiger partial charge in [0.15, 0.2) is 0 Å². The van der Waals surface area contributed by atoms with Gasteiger partial charge in [0.1, 0.15) is 5.75 Å². The fraction of sp³-hybridized carbons (Fsp3) is 0.400. The van der Waals surface area contributed by atoms with Crippen molar-refractivity contribution in [2.24, 2.45) is 0 Å². The molecule has 0 amide bonds. The highest BCUT2D eigenvalue weighted by molar-refractivity contribution is 14.1. The van der Waals surface area contributed by atoms with Crippen molar-refractivity contribution in [2.45, 2.75) is 6.42 Å². The summed E-state index contributed by atoms with van der Waals surface area (Å²) in [5.74, 6) is 0.927. The molecule has 0 aliphatic carbocycles. The molecule has 3 heteroatoms. The predicted octanol–water partition coefficient (Wildman–Crippen LogP) is 2.71. The molecule has 2 nitrogen and oxygen atoms in total. The van der Waals surface area contributed by atoms with Crippen LogP contribution in [0.25, 0.3) is 0 Å². The summed E-state index contributed by atoms with van der Waals surface area (Å²) in [6.45, 7) is 1.47. The Morgan fingerprint density at radius 1 is 1.15 bits per heavy atom. The van der Waals surface area contributed by atoms with Gasteiger partial charge in [-0.05, 0) is 46.9 Å². The van der Waals surface area contributed by atoms with Crippen molar-refractivity contribution in [3.63, 3.8) is 0 Å². The molecule has 0 aliphatic heterocycles. The number of benzene rings is 1. The molecule has 0 heterocycles. The molecule has 0 unspecified atom stereocenters. The summed E-state index contributed by atoms with van der Waals surface area (Å²) < 4.78 is 11.6. The summed E-state index contributed by atoms with van der Waals surface area (Å²) in [7, 11) is 1.70. The molecule has 72 valence electrons. The molecular formula is C10H13IO2. The minimum Gasteiger partial charge on any atom is -0.494 e. The minimum absolute atomic E-state index is 0.717. The molecule has 0 saturated heterocycles. The van der Waals surface area contributed by atoms with Crippen molar-refractivity contribution in [3.8, 4) is 5.75 Å². The number of halogens is 1. The van der Waals surface area contributed by atoms with Crippen LogP contribution in [0, 0.1) is 3.57 Å². The lowest BCUT2D eigenvalue weighted by Crippen LogP contribution is -2.00. The Labute approximate surface area is 92.4 Å². The van der Waals surface area contributed by atoms with E-state index < -0.39 is 0 Å². The van der Waals surface area contributed by atoms with Gasteiger partial charge in [-0.3, -0.25) is 0 Å². The zero-order chi connectivity index (χ0) is 9.52. The van der Waals surface area contributed by atoms with Crippen LogP contribution in [0.5, 0.6) is 5.75 Å². The lowest BCUT2D eigenvalue weighted by atomic mass is 10.3. The Hall–Kier alpha value is -0.290. The molecule has 1 aromatic carbocycles. The van der Waals surface area contributed by atoms with Crippen LogP contribution >= 0.6 is 22.6 Å². The van der Waals surface area contributed by atoms with E-state index in [9.17, 15) is 0 Å². The van der Waals surface area contributed by atoms with E-state index in [2.05, 4.69) is 22.6 Å². The number of methoxy groups -OCH3 is 1. The molecule has 0 saturated carbocycles. The van der Waals surface area contributed by atoms with Gasteiger partial charge >= 0.3 is 0 Å². The van der Waals surface area contributed by atoms with Gasteiger partial charge in [-0.1, -0.05) is 0 Å². The van der Waals surface area contributed by atoms with Crippen LogP contribution in [-0.2, 0) is 4.74 Å². The molecule has 0 bridgehead atoms. The lowest BCUT2D eigenvalue weighted by Gasteiger charge is -2.05. The zero-order valence-corrected chi connectivity index (χ0v) is 9.78. The summed E-state index contributed by atoms with van der Waals surface area (Å²) >= 11 is 2.27. The van der Waals surface area contributed by atoms with Crippen LogP contribution in [0.3, 0.4) is 0 Å². The van der Waals surface area contributed by atoms with Crippen molar-refractivity contribution in [1.82, 2.24) is 0 Å². The first-order valence-corrected chi connectivity index (χ1v) is 5.28. The number of ether oxygens (including phenoxy) is 2. The fourth-order valence-corrected chi connectivity index (χ4v) is 1.28. The Morgan fingerprint density at radius 3 is 2.46 bits per heavy atom. The van der Waals surface area contributed by atoms with Crippen LogP contribution in [0.2, 0.25) is 0 Å². The first-order chi connectivity index (χ1) is 6.33. The molecule has 0 aliphatic rings. The van der Waals surface area contributed by atoms with Crippen LogP contribution < -0.4 is 4.74 Å². The van der Waals surface area contributed by atoms with Gasteiger partial charge in [0.2, 0.25) is 0 Å². The summed E-state index contributed by atoms with van der Waals surface area (Å²) in [6, 6.07) is 8.03. The smallest absolute Gasteiger partial charge is 0.119 e. The number of hydrogen-bond acceptors (Lipinski definition) is 2. The lowest BCUT2D eigenvalue weighted by molar-refractivity contribution is 0.172. The third-order valence-electron chi connectivity index (χ3n) is 1.58. The first kappa shape index (κ1) is 10.8. The monoisotopic (exact) mass is 292 g/mol. The molecule has 0 fully saturated rings. The second-order valence-corrected chi connectivity index (χ2v) is 3.89. The average molecular weight is 292 g/mol. The summed E-state index contributed by atoms with van der Waals surface area (Å²) in [5.41, 5.74) is 0. The summed E-state index contributed by atoms with van der Waals surface area (Å²) in [5, 5.41) is 0. The largest absolute Gasteiger partial charge is 0.494 e. The van der Waals surface area contributed by atoms with Crippen LogP contribution in [-0.4, -0.2) is 20.3 Å². The summed E-state index contributed by atoms with van der Waals surface area (Å²) in [6.07, 6.45) is 0.933. The maximum atomic E-state index is 5.48. The maximum Gasteiger partial charge on any atom is 0.119 e. The van der Waals surface area contributed by atoms with Crippen molar-refractivity contribution in [1.29, 1.82) is 0 Å². The molecule has 1 aromatic rings. The molecular weight excluding hydrogens is 279 g/mol. The maximum absolute atomic E-state index is 5.48. The van der Waals surface area contributed by atoms with Gasteiger partial charge in [0.25, 0.3) is 0 Å². The molecule has 0 aromatic heterocycles. The Kier molecular flexibility index (Phi) is 5.15. The SMILES string of the molecule is COCCCOc1ccc(I)cc1. The van der Waals surface area contributed by atoms with Crippen molar-refractivity contribution < 1.29 is 9.47 Å². The Bertz CT molecular complexity index is 233. The molecule has 0 N–H and O–H groups in total. The fourth-order valence-electron chi connectivity index (χ4n) is 0.924. The van der Waals surface area contributed by atoms with E-state index in [0.717, 1.165) is 18.8 Å². The zero-order valence-electron chi connectivity index (χ0n) is 7.63. The van der Waals surface area contributed by atoms with Gasteiger partial charge in [-0.25, -0.2) is 0 Å². The van der Waals surface area contributed by atoms with Crippen molar-refractivity contribution in [3.05, 3.63) is 27.8 Å². The third-order valence-corrected chi connectivity index (χ3v) is 2.29. The van der Waals surface area contributed by atoms with E-state index in [4.69, 9.17) is 9.47 Å². The highest BCUT2D eigenvalue weighted by atomic mass is 127. The topological polar surface area (TPSA) is 18.5 Å². The van der Waals surface area contributed by atoms with Gasteiger partial charge in [-0.2, -0.15) is 0 Å². The average Bonchev–Trinajstić information content (AvgIpc) is 2.15. The van der Waals surface area contributed by atoms with E-state index in [-0.39, 0.29) is 0 Å². The van der Waals surface area contributed by atoms with Crippen LogP contribution in [0.1, 0.15) is 6.42 Å². The van der Waals surface area contributed by atoms with Gasteiger partial charge in [-0.15, -0.1) is 0 Å². The highest BCUT2D eigenvalue weighted by Crippen LogP contribution is 2.13. The minimum atomic E-state index is 0.717. The van der Waals surface area contributed by atoms with Crippen LogP contribution in [0.4, 0.5) is 0 Å². The van der Waals surface area contributed by atoms with Gasteiger partial charge < -0.3 is 9.47 Å². The number of hydrogen-bond donors (Lipinski definition) is 0. The molecule has 0 radical (unpaired) electrons. The second-order valence-electron chi connectivity index (χ2n) is 2.65. The quantitative estimate of drug-likeness (QED) is 0.613. The first-order valence-electron chi connectivity index (χ1n) is 4.20. The van der Waals surface area contributed by atoms with Crippen molar-refractivity contribution in [2.75, 3.05) is 20.3 Å². The molecule has 1 rings (SSSR count). The van der Waals surface area contributed by atoms with Gasteiger partial charge in [0, 0.05) is 23.7 Å². The number of rotatable bonds is 5. The predicted molar refractivity (Wildman–Crippen MR) is 61.1 cm³/mol. The van der Waals surface area contributed by atoms with Gasteiger partial charge in [0.05, 0.1) is 6.61 Å². The van der Waals surface area contributed by atoms with E-state index >= 15 is 0 Å². The molecule has 13 heavy (non-hydrogen) atoms. The van der Waals surface area contributed by atoms with Crippen molar-refractivity contribution >= 4 is 22.6 Å². The Balaban J connectivity index is 2.25. The van der Waals surface area contributed by atoms with Crippen LogP contribution in [0.15, 0.2) is 24.3 Å². The van der Waals surface area contributed by atoms with E-state index in [1.807, 2.05) is 24.3 Å². The standard InChI is InChI=1S/C10H13IO2/c1-12-7-2-8-13-10-5-3-9(11)4-6-10/h3-6H,2,7-8H2,1H3. The van der Waals surface area contributed by atoms with E-state index in [1.54, 1.807) is 7.11 Å². The normalized spacial score (nSPS) is 10.0. The second kappa shape index (κ2) is 6.21. The molecule has 0 atom stereocenters. The highest BCUT2D eigenvalue weighted by Gasteiger charge is 1.92. The van der Waals surface area contributed by atoms with E-state index in [1.165, 1.54) is 3.57 Å². The summed E-state index contributed by atoms with van der Waals surface area (Å²) in [4.78, 5) is 0. The molecule has 0 spiro atoms. The third kappa shape index (κ3) is 4.47. The Morgan fingerprint density at radius 2 is 1.85 bits per heavy atom. The van der Waals surface area contributed by atoms with E-state index in [0.29, 0.717) is 6.61 Å².